The van der Waals surface area contributed by atoms with Gasteiger partial charge in [0.2, 0.25) is 0 Å². The Kier molecular flexibility index (Phi) is 6.50. The zero-order chi connectivity index (χ0) is 12.7. The molecular weight excluding hydrogens is 208 g/mol. The molecule has 0 bridgehead atoms. The summed E-state index contributed by atoms with van der Waals surface area (Å²) in [6.45, 7) is 16.5. The summed E-state index contributed by atoms with van der Waals surface area (Å²) >= 11 is 0. The van der Waals surface area contributed by atoms with Crippen LogP contribution in [0.3, 0.4) is 0 Å². The van der Waals surface area contributed by atoms with E-state index in [2.05, 4.69) is 23.6 Å². The van der Waals surface area contributed by atoms with Gasteiger partial charge in [0.15, 0.2) is 0 Å². The second-order valence-corrected chi connectivity index (χ2v) is 5.41. The Balaban J connectivity index is 0.000000686. The fraction of sp³-hybridized carbons (Fsp3) is 1.00. The lowest BCUT2D eigenvalue weighted by Gasteiger charge is -2.47. The highest BCUT2D eigenvalue weighted by Crippen LogP contribution is 2.39. The van der Waals surface area contributed by atoms with Gasteiger partial charge in [0.25, 0.3) is 0 Å². The Morgan fingerprint density at radius 3 is 1.94 bits per heavy atom. The number of rotatable bonds is 2. The molecule has 0 aromatic heterocycles. The first-order chi connectivity index (χ1) is 8.28. The molecule has 0 amide bonds. The second-order valence-electron chi connectivity index (χ2n) is 5.41. The highest BCUT2D eigenvalue weighted by Gasteiger charge is 2.37. The summed E-state index contributed by atoms with van der Waals surface area (Å²) in [7, 11) is 0. The molecule has 2 heterocycles. The molecule has 2 nitrogen and oxygen atoms in total. The predicted octanol–water partition coefficient (Wildman–Crippen LogP) is 3.23. The van der Waals surface area contributed by atoms with Crippen LogP contribution in [0.2, 0.25) is 0 Å². The minimum atomic E-state index is 0.694. The van der Waals surface area contributed by atoms with Gasteiger partial charge < -0.3 is 9.80 Å². The zero-order valence-electron chi connectivity index (χ0n) is 12.5. The van der Waals surface area contributed by atoms with Crippen molar-refractivity contribution in [3.8, 4) is 0 Å². The fourth-order valence-electron chi connectivity index (χ4n) is 3.33. The van der Waals surface area contributed by atoms with Crippen molar-refractivity contribution in [3.05, 3.63) is 0 Å². The van der Waals surface area contributed by atoms with Gasteiger partial charge in [-0.2, -0.15) is 0 Å². The van der Waals surface area contributed by atoms with E-state index >= 15 is 0 Å². The molecule has 1 spiro atoms. The van der Waals surface area contributed by atoms with Crippen LogP contribution in [0.25, 0.3) is 0 Å². The number of hydrogen-bond donors (Lipinski definition) is 0. The molecule has 0 atom stereocenters. The topological polar surface area (TPSA) is 6.48 Å². The minimum Gasteiger partial charge on any atom is -0.304 e. The van der Waals surface area contributed by atoms with Crippen LogP contribution in [0, 0.1) is 5.41 Å². The van der Waals surface area contributed by atoms with Gasteiger partial charge in [0.1, 0.15) is 0 Å². The Labute approximate surface area is 108 Å². The molecule has 0 radical (unpaired) electrons. The van der Waals surface area contributed by atoms with Gasteiger partial charge in [0.05, 0.1) is 0 Å². The Morgan fingerprint density at radius 2 is 1.41 bits per heavy atom. The van der Waals surface area contributed by atoms with E-state index in [-0.39, 0.29) is 0 Å². The largest absolute Gasteiger partial charge is 0.304 e. The lowest BCUT2D eigenvalue weighted by Crippen LogP contribution is -2.49. The van der Waals surface area contributed by atoms with E-state index in [9.17, 15) is 0 Å². The van der Waals surface area contributed by atoms with Crippen LogP contribution in [0.15, 0.2) is 0 Å². The first kappa shape index (κ1) is 15.0. The smallest absolute Gasteiger partial charge is 0.00388 e. The van der Waals surface area contributed by atoms with Crippen LogP contribution in [-0.2, 0) is 0 Å². The SMILES string of the molecule is CC.CCN1CCC2(CCCN(CC)C2)CC1. The monoisotopic (exact) mass is 240 g/mol. The summed E-state index contributed by atoms with van der Waals surface area (Å²) in [5.74, 6) is 0. The first-order valence-electron chi connectivity index (χ1n) is 7.73. The van der Waals surface area contributed by atoms with E-state index in [0.717, 1.165) is 0 Å². The zero-order valence-corrected chi connectivity index (χ0v) is 12.5. The van der Waals surface area contributed by atoms with Crippen molar-refractivity contribution in [1.82, 2.24) is 9.80 Å². The van der Waals surface area contributed by atoms with Crippen molar-refractivity contribution >= 4 is 0 Å². The van der Waals surface area contributed by atoms with Crippen LogP contribution in [0.4, 0.5) is 0 Å². The van der Waals surface area contributed by atoms with Crippen LogP contribution in [-0.4, -0.2) is 49.1 Å². The van der Waals surface area contributed by atoms with E-state index in [4.69, 9.17) is 0 Å². The second kappa shape index (κ2) is 7.38. The van der Waals surface area contributed by atoms with E-state index in [0.29, 0.717) is 5.41 Å². The van der Waals surface area contributed by atoms with Crippen LogP contribution >= 0.6 is 0 Å². The molecule has 2 heteroatoms. The van der Waals surface area contributed by atoms with Crippen LogP contribution in [0.1, 0.15) is 53.4 Å². The van der Waals surface area contributed by atoms with Crippen LogP contribution in [0.5, 0.6) is 0 Å². The molecule has 0 aromatic rings. The summed E-state index contributed by atoms with van der Waals surface area (Å²) < 4.78 is 0. The molecule has 0 aliphatic carbocycles. The molecule has 2 rings (SSSR count). The van der Waals surface area contributed by atoms with E-state index < -0.39 is 0 Å². The van der Waals surface area contributed by atoms with Gasteiger partial charge in [-0.25, -0.2) is 0 Å². The van der Waals surface area contributed by atoms with Crippen molar-refractivity contribution < 1.29 is 0 Å². The Hall–Kier alpha value is -0.0800. The molecular formula is C15H32N2. The van der Waals surface area contributed by atoms with Crippen molar-refractivity contribution in [3.63, 3.8) is 0 Å². The molecule has 17 heavy (non-hydrogen) atoms. The summed E-state index contributed by atoms with van der Waals surface area (Å²) in [6, 6.07) is 0. The highest BCUT2D eigenvalue weighted by molar-refractivity contribution is 4.91. The van der Waals surface area contributed by atoms with Gasteiger partial charge in [-0.15, -0.1) is 0 Å². The summed E-state index contributed by atoms with van der Waals surface area (Å²) in [6.07, 6.45) is 5.80. The van der Waals surface area contributed by atoms with Crippen molar-refractivity contribution in [2.24, 2.45) is 5.41 Å². The van der Waals surface area contributed by atoms with Gasteiger partial charge >= 0.3 is 0 Å². The van der Waals surface area contributed by atoms with Gasteiger partial charge in [0, 0.05) is 6.54 Å². The molecule has 2 aliphatic rings. The standard InChI is InChI=1S/C13H26N2.C2H6/c1-3-14-10-7-13(8-11-14)6-5-9-15(4-2)12-13;1-2/h3-12H2,1-2H3;1-2H3. The summed E-state index contributed by atoms with van der Waals surface area (Å²) in [4.78, 5) is 5.27. The Bertz CT molecular complexity index is 195. The van der Waals surface area contributed by atoms with Gasteiger partial charge in [-0.3, -0.25) is 0 Å². The average molecular weight is 240 g/mol. The normalized spacial score (nSPS) is 25.4. The number of hydrogen-bond acceptors (Lipinski definition) is 2. The number of nitrogens with zero attached hydrogens (tertiary/aromatic N) is 2. The minimum absolute atomic E-state index is 0.694. The first-order valence-corrected chi connectivity index (χ1v) is 7.73. The van der Waals surface area contributed by atoms with Gasteiger partial charge in [-0.05, 0) is 63.8 Å². The predicted molar refractivity (Wildman–Crippen MR) is 76.5 cm³/mol. The third-order valence-corrected chi connectivity index (χ3v) is 4.55. The van der Waals surface area contributed by atoms with Gasteiger partial charge in [-0.1, -0.05) is 27.7 Å². The maximum atomic E-state index is 2.66. The van der Waals surface area contributed by atoms with Crippen molar-refractivity contribution in [2.75, 3.05) is 39.3 Å². The molecule has 2 saturated heterocycles. The van der Waals surface area contributed by atoms with Crippen molar-refractivity contribution in [2.45, 2.75) is 53.4 Å². The molecule has 0 aromatic carbocycles. The maximum Gasteiger partial charge on any atom is 0.00388 e. The lowest BCUT2D eigenvalue weighted by molar-refractivity contribution is 0.0277. The summed E-state index contributed by atoms with van der Waals surface area (Å²) in [5, 5.41) is 0. The highest BCUT2D eigenvalue weighted by atomic mass is 15.2. The maximum absolute atomic E-state index is 2.66. The molecule has 102 valence electrons. The number of piperidine rings is 2. The average Bonchev–Trinajstić information content (AvgIpc) is 2.42. The Morgan fingerprint density at radius 1 is 0.824 bits per heavy atom. The molecule has 0 N–H and O–H groups in total. The third kappa shape index (κ3) is 3.96. The molecule has 0 saturated carbocycles. The van der Waals surface area contributed by atoms with E-state index in [1.54, 1.807) is 0 Å². The molecule has 2 aliphatic heterocycles. The fourth-order valence-corrected chi connectivity index (χ4v) is 3.33. The third-order valence-electron chi connectivity index (χ3n) is 4.55. The van der Waals surface area contributed by atoms with Crippen molar-refractivity contribution in [1.29, 1.82) is 0 Å². The van der Waals surface area contributed by atoms with E-state index in [1.165, 1.54) is 65.0 Å². The van der Waals surface area contributed by atoms with Crippen LogP contribution < -0.4 is 0 Å². The lowest BCUT2D eigenvalue weighted by atomic mass is 9.72. The summed E-state index contributed by atoms with van der Waals surface area (Å²) in [5.41, 5.74) is 0.694. The molecule has 0 unspecified atom stereocenters. The number of likely N-dealkylation sites (tertiary alicyclic amines) is 2. The molecule has 2 fully saturated rings. The quantitative estimate of drug-likeness (QED) is 0.731. The van der Waals surface area contributed by atoms with E-state index in [1.807, 2.05) is 13.8 Å².